The van der Waals surface area contributed by atoms with Gasteiger partial charge >= 0.3 is 0 Å². The van der Waals surface area contributed by atoms with Gasteiger partial charge in [-0.05, 0) is 43.5 Å². The van der Waals surface area contributed by atoms with Crippen LogP contribution in [0, 0.1) is 32.1 Å². The number of hydrogen-bond acceptors (Lipinski definition) is 4. The Bertz CT molecular complexity index is 672. The lowest BCUT2D eigenvalue weighted by Gasteiger charge is -2.14. The monoisotopic (exact) mass is 253 g/mol. The van der Waals surface area contributed by atoms with E-state index in [0.717, 1.165) is 22.4 Å². The topological polar surface area (TPSA) is 71.9 Å². The lowest BCUT2D eigenvalue weighted by atomic mass is 10.1. The second-order valence-electron chi connectivity index (χ2n) is 4.49. The number of rotatable bonds is 2. The van der Waals surface area contributed by atoms with Gasteiger partial charge in [0.2, 0.25) is 5.88 Å². The Labute approximate surface area is 112 Å². The van der Waals surface area contributed by atoms with E-state index in [0.29, 0.717) is 17.1 Å². The van der Waals surface area contributed by atoms with Gasteiger partial charge in [0.05, 0.1) is 11.3 Å². The van der Waals surface area contributed by atoms with Crippen LogP contribution < -0.4 is 10.5 Å². The average molecular weight is 253 g/mol. The third kappa shape index (κ3) is 2.50. The molecule has 4 nitrogen and oxygen atoms in total. The minimum Gasteiger partial charge on any atom is -0.437 e. The first kappa shape index (κ1) is 12.9. The summed E-state index contributed by atoms with van der Waals surface area (Å²) in [4.78, 5) is 4.09. The molecule has 0 fully saturated rings. The van der Waals surface area contributed by atoms with Gasteiger partial charge in [-0.15, -0.1) is 0 Å². The van der Waals surface area contributed by atoms with Gasteiger partial charge in [-0.25, -0.2) is 4.98 Å². The molecule has 19 heavy (non-hydrogen) atoms. The van der Waals surface area contributed by atoms with E-state index in [2.05, 4.69) is 4.98 Å². The van der Waals surface area contributed by atoms with Gasteiger partial charge < -0.3 is 10.5 Å². The maximum Gasteiger partial charge on any atom is 0.242 e. The number of anilines is 1. The van der Waals surface area contributed by atoms with E-state index in [4.69, 9.17) is 15.7 Å². The summed E-state index contributed by atoms with van der Waals surface area (Å²) >= 11 is 0. The van der Waals surface area contributed by atoms with E-state index in [1.807, 2.05) is 39.0 Å². The third-order valence-corrected chi connectivity index (χ3v) is 3.08. The molecule has 2 N–H and O–H groups in total. The van der Waals surface area contributed by atoms with Crippen LogP contribution in [0.2, 0.25) is 0 Å². The number of nitriles is 1. The lowest BCUT2D eigenvalue weighted by molar-refractivity contribution is 0.458. The maximum absolute atomic E-state index is 8.78. The SMILES string of the molecule is Cc1ccc(C)c(Oc2ncc(C#N)cc2N)c1C. The summed E-state index contributed by atoms with van der Waals surface area (Å²) in [5, 5.41) is 8.78. The highest BCUT2D eigenvalue weighted by molar-refractivity contribution is 5.55. The number of nitrogens with two attached hydrogens (primary N) is 1. The highest BCUT2D eigenvalue weighted by Gasteiger charge is 2.11. The second-order valence-corrected chi connectivity index (χ2v) is 4.49. The van der Waals surface area contributed by atoms with Crippen molar-refractivity contribution in [3.8, 4) is 17.7 Å². The Balaban J connectivity index is 2.42. The van der Waals surface area contributed by atoms with Crippen LogP contribution in [0.25, 0.3) is 0 Å². The van der Waals surface area contributed by atoms with Gasteiger partial charge in [-0.1, -0.05) is 12.1 Å². The van der Waals surface area contributed by atoms with Crippen LogP contribution >= 0.6 is 0 Å². The van der Waals surface area contributed by atoms with Crippen LogP contribution in [0.5, 0.6) is 11.6 Å². The highest BCUT2D eigenvalue weighted by atomic mass is 16.5. The van der Waals surface area contributed by atoms with Gasteiger partial charge in [0.25, 0.3) is 0 Å². The molecule has 0 amide bonds. The number of pyridine rings is 1. The van der Waals surface area contributed by atoms with Crippen LogP contribution in [0.4, 0.5) is 5.69 Å². The number of ether oxygens (including phenoxy) is 1. The molecule has 2 rings (SSSR count). The van der Waals surface area contributed by atoms with Crippen LogP contribution in [0.3, 0.4) is 0 Å². The minimum absolute atomic E-state index is 0.329. The molecule has 0 aliphatic carbocycles. The number of hydrogen-bond donors (Lipinski definition) is 1. The smallest absolute Gasteiger partial charge is 0.242 e. The van der Waals surface area contributed by atoms with E-state index in [-0.39, 0.29) is 0 Å². The molecular weight excluding hydrogens is 238 g/mol. The molecular formula is C15H15N3O. The maximum atomic E-state index is 8.78. The molecule has 0 aliphatic rings. The van der Waals surface area contributed by atoms with E-state index in [1.54, 1.807) is 6.07 Å². The quantitative estimate of drug-likeness (QED) is 0.891. The Morgan fingerprint density at radius 1 is 1.21 bits per heavy atom. The normalized spacial score (nSPS) is 10.0. The van der Waals surface area contributed by atoms with Crippen molar-refractivity contribution >= 4 is 5.69 Å². The molecule has 0 aliphatic heterocycles. The van der Waals surface area contributed by atoms with E-state index in [9.17, 15) is 0 Å². The average Bonchev–Trinajstić information content (AvgIpc) is 2.40. The molecule has 4 heteroatoms. The van der Waals surface area contributed by atoms with Gasteiger partial charge in [-0.2, -0.15) is 5.26 Å². The number of aryl methyl sites for hydroxylation is 2. The molecule has 1 heterocycles. The zero-order valence-electron chi connectivity index (χ0n) is 11.2. The molecule has 0 bridgehead atoms. The molecule has 0 spiro atoms. The van der Waals surface area contributed by atoms with Gasteiger partial charge in [-0.3, -0.25) is 0 Å². The fourth-order valence-electron chi connectivity index (χ4n) is 1.79. The Kier molecular flexibility index (Phi) is 3.39. The van der Waals surface area contributed by atoms with Gasteiger partial charge in [0.1, 0.15) is 11.8 Å². The first-order valence-electron chi connectivity index (χ1n) is 5.93. The van der Waals surface area contributed by atoms with Crippen molar-refractivity contribution in [2.75, 3.05) is 5.73 Å². The van der Waals surface area contributed by atoms with Crippen LogP contribution in [-0.2, 0) is 0 Å². The van der Waals surface area contributed by atoms with Crippen LogP contribution in [0.1, 0.15) is 22.3 Å². The lowest BCUT2D eigenvalue weighted by Crippen LogP contribution is -1.99. The van der Waals surface area contributed by atoms with E-state index >= 15 is 0 Å². The molecule has 0 saturated heterocycles. The van der Waals surface area contributed by atoms with E-state index in [1.165, 1.54) is 6.20 Å². The predicted octanol–water partition coefficient (Wildman–Crippen LogP) is 3.25. The summed E-state index contributed by atoms with van der Waals surface area (Å²) in [6.07, 6.45) is 1.45. The van der Waals surface area contributed by atoms with Gasteiger partial charge in [0.15, 0.2) is 0 Å². The van der Waals surface area contributed by atoms with Crippen molar-refractivity contribution in [3.63, 3.8) is 0 Å². The van der Waals surface area contributed by atoms with Crippen LogP contribution in [0.15, 0.2) is 24.4 Å². The summed E-state index contributed by atoms with van der Waals surface area (Å²) in [5.74, 6) is 1.10. The summed E-state index contributed by atoms with van der Waals surface area (Å²) in [7, 11) is 0. The van der Waals surface area contributed by atoms with Gasteiger partial charge in [0, 0.05) is 6.20 Å². The first-order valence-corrected chi connectivity index (χ1v) is 5.93. The van der Waals surface area contributed by atoms with Crippen LogP contribution in [-0.4, -0.2) is 4.98 Å². The van der Waals surface area contributed by atoms with Crippen molar-refractivity contribution in [2.24, 2.45) is 0 Å². The number of aromatic nitrogens is 1. The fourth-order valence-corrected chi connectivity index (χ4v) is 1.79. The Hall–Kier alpha value is -2.54. The fraction of sp³-hybridized carbons (Fsp3) is 0.200. The summed E-state index contributed by atoms with van der Waals surface area (Å²) in [5.41, 5.74) is 9.85. The number of benzene rings is 1. The van der Waals surface area contributed by atoms with Crippen molar-refractivity contribution in [3.05, 3.63) is 46.6 Å². The zero-order valence-corrected chi connectivity index (χ0v) is 11.2. The number of nitrogens with zero attached hydrogens (tertiary/aromatic N) is 2. The highest BCUT2D eigenvalue weighted by Crippen LogP contribution is 2.32. The van der Waals surface area contributed by atoms with E-state index < -0.39 is 0 Å². The second kappa shape index (κ2) is 4.99. The number of nitrogen functional groups attached to an aromatic ring is 1. The van der Waals surface area contributed by atoms with Crippen molar-refractivity contribution in [1.29, 1.82) is 5.26 Å². The Morgan fingerprint density at radius 3 is 2.53 bits per heavy atom. The molecule has 96 valence electrons. The molecule has 1 aromatic carbocycles. The molecule has 0 atom stereocenters. The zero-order chi connectivity index (χ0) is 14.0. The van der Waals surface area contributed by atoms with Crippen molar-refractivity contribution in [1.82, 2.24) is 4.98 Å². The summed E-state index contributed by atoms with van der Waals surface area (Å²) in [6.45, 7) is 6.00. The van der Waals surface area contributed by atoms with Crippen molar-refractivity contribution < 1.29 is 4.74 Å². The molecule has 0 saturated carbocycles. The molecule has 1 aromatic heterocycles. The molecule has 2 aromatic rings. The summed E-state index contributed by atoms with van der Waals surface area (Å²) in [6, 6.07) is 7.60. The predicted molar refractivity (Wildman–Crippen MR) is 74.1 cm³/mol. The standard InChI is InChI=1S/C15H15N3O/c1-9-4-5-10(2)14(11(9)3)19-15-13(17)6-12(7-16)8-18-15/h4-6,8H,17H2,1-3H3. The minimum atomic E-state index is 0.329. The first-order chi connectivity index (χ1) is 9.02. The van der Waals surface area contributed by atoms with Crippen molar-refractivity contribution in [2.45, 2.75) is 20.8 Å². The molecule has 0 unspecified atom stereocenters. The third-order valence-electron chi connectivity index (χ3n) is 3.08. The Morgan fingerprint density at radius 2 is 1.89 bits per heavy atom. The molecule has 0 radical (unpaired) electrons. The summed E-state index contributed by atoms with van der Waals surface area (Å²) < 4.78 is 5.81. The largest absolute Gasteiger partial charge is 0.437 e.